The van der Waals surface area contributed by atoms with Crippen LogP contribution in [-0.2, 0) is 6.42 Å². The Morgan fingerprint density at radius 2 is 2.24 bits per heavy atom. The van der Waals surface area contributed by atoms with E-state index in [2.05, 4.69) is 49.8 Å². The lowest BCUT2D eigenvalue weighted by Gasteiger charge is -2.09. The van der Waals surface area contributed by atoms with E-state index in [1.54, 1.807) is 16.8 Å². The van der Waals surface area contributed by atoms with Crippen LogP contribution < -0.4 is 5.32 Å². The van der Waals surface area contributed by atoms with Crippen LogP contribution in [0.15, 0.2) is 11.7 Å². The fourth-order valence-electron chi connectivity index (χ4n) is 1.50. The minimum atomic E-state index is 0.765. The summed E-state index contributed by atoms with van der Waals surface area (Å²) in [6.45, 7) is 2.16. The van der Waals surface area contributed by atoms with Crippen molar-refractivity contribution >= 4 is 39.7 Å². The van der Waals surface area contributed by atoms with E-state index < -0.39 is 0 Å². The Hall–Kier alpha value is -0.760. The molecule has 0 saturated heterocycles. The molecule has 2 aromatic rings. The number of hydrogen-bond donors (Lipinski definition) is 1. The predicted octanol–water partition coefficient (Wildman–Crippen LogP) is 3.20. The molecule has 0 bridgehead atoms. The van der Waals surface area contributed by atoms with Gasteiger partial charge in [-0.3, -0.25) is 4.98 Å². The molecule has 0 aliphatic rings. The predicted molar refractivity (Wildman–Crippen MR) is 79.4 cm³/mol. The SMILES string of the molecule is CCCc1nc(-c2cncs2)nc(NC)c1I. The van der Waals surface area contributed by atoms with Crippen LogP contribution >= 0.6 is 33.9 Å². The van der Waals surface area contributed by atoms with Gasteiger partial charge < -0.3 is 5.32 Å². The van der Waals surface area contributed by atoms with Gasteiger partial charge in [0.25, 0.3) is 0 Å². The number of hydrogen-bond acceptors (Lipinski definition) is 5. The Balaban J connectivity index is 2.50. The zero-order valence-corrected chi connectivity index (χ0v) is 12.7. The van der Waals surface area contributed by atoms with Crippen molar-refractivity contribution in [1.29, 1.82) is 0 Å². The largest absolute Gasteiger partial charge is 0.372 e. The molecule has 0 spiro atoms. The lowest BCUT2D eigenvalue weighted by Crippen LogP contribution is -2.04. The van der Waals surface area contributed by atoms with E-state index >= 15 is 0 Å². The Morgan fingerprint density at radius 1 is 1.41 bits per heavy atom. The van der Waals surface area contributed by atoms with Gasteiger partial charge in [-0.15, -0.1) is 11.3 Å². The number of halogens is 1. The third kappa shape index (κ3) is 2.74. The summed E-state index contributed by atoms with van der Waals surface area (Å²) in [6.07, 6.45) is 3.86. The van der Waals surface area contributed by atoms with Crippen LogP contribution in [0.25, 0.3) is 10.7 Å². The van der Waals surface area contributed by atoms with Crippen molar-refractivity contribution in [3.63, 3.8) is 0 Å². The van der Waals surface area contributed by atoms with E-state index in [0.29, 0.717) is 0 Å². The summed E-state index contributed by atoms with van der Waals surface area (Å²) in [7, 11) is 1.89. The molecule has 0 atom stereocenters. The summed E-state index contributed by atoms with van der Waals surface area (Å²) in [5, 5.41) is 3.12. The Labute approximate surface area is 118 Å². The summed E-state index contributed by atoms with van der Waals surface area (Å²) in [5.41, 5.74) is 2.91. The molecule has 4 nitrogen and oxygen atoms in total. The minimum Gasteiger partial charge on any atom is -0.372 e. The zero-order valence-electron chi connectivity index (χ0n) is 9.70. The molecule has 0 amide bonds. The van der Waals surface area contributed by atoms with Gasteiger partial charge in [0.05, 0.1) is 19.7 Å². The highest BCUT2D eigenvalue weighted by Crippen LogP contribution is 2.26. The van der Waals surface area contributed by atoms with Crippen molar-refractivity contribution in [2.24, 2.45) is 0 Å². The summed E-state index contributed by atoms with van der Waals surface area (Å²) in [5.74, 6) is 1.66. The normalized spacial score (nSPS) is 10.5. The molecule has 0 fully saturated rings. The van der Waals surface area contributed by atoms with Crippen LogP contribution in [0.3, 0.4) is 0 Å². The topological polar surface area (TPSA) is 50.7 Å². The van der Waals surface area contributed by atoms with E-state index in [0.717, 1.165) is 38.6 Å². The average molecular weight is 360 g/mol. The first kappa shape index (κ1) is 12.7. The van der Waals surface area contributed by atoms with Crippen LogP contribution in [0.4, 0.5) is 5.82 Å². The van der Waals surface area contributed by atoms with Gasteiger partial charge in [0.2, 0.25) is 0 Å². The van der Waals surface area contributed by atoms with Gasteiger partial charge in [-0.2, -0.15) is 0 Å². The van der Waals surface area contributed by atoms with Gasteiger partial charge in [-0.25, -0.2) is 9.97 Å². The number of rotatable bonds is 4. The molecule has 0 aromatic carbocycles. The van der Waals surface area contributed by atoms with Crippen LogP contribution in [0.5, 0.6) is 0 Å². The number of thiazole rings is 1. The third-order valence-electron chi connectivity index (χ3n) is 2.30. The summed E-state index contributed by atoms with van der Waals surface area (Å²) in [6, 6.07) is 0. The van der Waals surface area contributed by atoms with Crippen molar-refractivity contribution in [2.75, 3.05) is 12.4 Å². The fraction of sp³-hybridized carbons (Fsp3) is 0.364. The van der Waals surface area contributed by atoms with Gasteiger partial charge in [0.15, 0.2) is 5.82 Å². The van der Waals surface area contributed by atoms with Crippen LogP contribution in [0.1, 0.15) is 19.0 Å². The highest BCUT2D eigenvalue weighted by molar-refractivity contribution is 14.1. The van der Waals surface area contributed by atoms with Gasteiger partial charge >= 0.3 is 0 Å². The monoisotopic (exact) mass is 360 g/mol. The molecular formula is C11H13IN4S. The number of aromatic nitrogens is 3. The van der Waals surface area contributed by atoms with Crippen LogP contribution in [-0.4, -0.2) is 22.0 Å². The molecular weight excluding hydrogens is 347 g/mol. The van der Waals surface area contributed by atoms with E-state index in [4.69, 9.17) is 0 Å². The van der Waals surface area contributed by atoms with Crippen molar-refractivity contribution in [2.45, 2.75) is 19.8 Å². The van der Waals surface area contributed by atoms with Gasteiger partial charge in [0.1, 0.15) is 5.82 Å². The fourth-order valence-corrected chi connectivity index (χ4v) is 2.83. The Kier molecular flexibility index (Phi) is 4.27. The molecule has 17 heavy (non-hydrogen) atoms. The number of nitrogens with zero attached hydrogens (tertiary/aromatic N) is 3. The second-order valence-electron chi connectivity index (χ2n) is 3.52. The maximum Gasteiger partial charge on any atom is 0.173 e. The van der Waals surface area contributed by atoms with Gasteiger partial charge in [0, 0.05) is 13.2 Å². The minimum absolute atomic E-state index is 0.765. The lowest BCUT2D eigenvalue weighted by atomic mass is 10.2. The highest BCUT2D eigenvalue weighted by Gasteiger charge is 2.12. The molecule has 2 rings (SSSR count). The first-order valence-corrected chi connectivity index (χ1v) is 7.35. The van der Waals surface area contributed by atoms with Crippen molar-refractivity contribution in [3.8, 4) is 10.7 Å². The molecule has 0 aliphatic carbocycles. The first-order chi connectivity index (χ1) is 8.26. The van der Waals surface area contributed by atoms with Gasteiger partial charge in [-0.05, 0) is 29.0 Å². The van der Waals surface area contributed by atoms with Crippen molar-refractivity contribution in [1.82, 2.24) is 15.0 Å². The van der Waals surface area contributed by atoms with E-state index in [9.17, 15) is 0 Å². The summed E-state index contributed by atoms with van der Waals surface area (Å²) in [4.78, 5) is 14.2. The van der Waals surface area contributed by atoms with E-state index in [1.807, 2.05) is 13.2 Å². The molecule has 6 heteroatoms. The molecule has 1 N–H and O–H groups in total. The van der Waals surface area contributed by atoms with E-state index in [1.165, 1.54) is 0 Å². The molecule has 0 saturated carbocycles. The molecule has 2 heterocycles. The van der Waals surface area contributed by atoms with Gasteiger partial charge in [-0.1, -0.05) is 13.3 Å². The maximum atomic E-state index is 4.62. The maximum absolute atomic E-state index is 4.62. The van der Waals surface area contributed by atoms with Crippen molar-refractivity contribution < 1.29 is 0 Å². The average Bonchev–Trinajstić information content (AvgIpc) is 2.85. The van der Waals surface area contributed by atoms with Crippen LogP contribution in [0, 0.1) is 3.57 Å². The zero-order chi connectivity index (χ0) is 12.3. The highest BCUT2D eigenvalue weighted by atomic mass is 127. The van der Waals surface area contributed by atoms with Crippen LogP contribution in [0.2, 0.25) is 0 Å². The third-order valence-corrected chi connectivity index (χ3v) is 4.20. The van der Waals surface area contributed by atoms with E-state index in [-0.39, 0.29) is 0 Å². The second-order valence-corrected chi connectivity index (χ2v) is 5.49. The quantitative estimate of drug-likeness (QED) is 0.851. The lowest BCUT2D eigenvalue weighted by molar-refractivity contribution is 0.868. The number of nitrogens with one attached hydrogen (secondary N) is 1. The molecule has 2 aromatic heterocycles. The summed E-state index contributed by atoms with van der Waals surface area (Å²) < 4.78 is 1.11. The molecule has 0 aliphatic heterocycles. The Morgan fingerprint density at radius 3 is 2.82 bits per heavy atom. The number of aryl methyl sites for hydroxylation is 1. The molecule has 0 unspecified atom stereocenters. The van der Waals surface area contributed by atoms with Crippen molar-refractivity contribution in [3.05, 3.63) is 21.0 Å². The smallest absolute Gasteiger partial charge is 0.173 e. The molecule has 0 radical (unpaired) electrons. The summed E-state index contributed by atoms with van der Waals surface area (Å²) >= 11 is 3.86. The standard InChI is InChI=1S/C11H13IN4S/c1-3-4-7-9(12)11(13-2)16-10(15-7)8-5-14-6-17-8/h5-6H,3-4H2,1-2H3,(H,13,15,16). The second kappa shape index (κ2) is 5.72. The molecule has 90 valence electrons. The first-order valence-electron chi connectivity index (χ1n) is 5.39. The number of anilines is 1. The Bertz CT molecular complexity index is 498.